The van der Waals surface area contributed by atoms with Gasteiger partial charge in [0.1, 0.15) is 0 Å². The van der Waals surface area contributed by atoms with E-state index in [-0.39, 0.29) is 10.7 Å². The van der Waals surface area contributed by atoms with Crippen LogP contribution in [-0.2, 0) is 23.1 Å². The number of hydrogen-bond acceptors (Lipinski definition) is 4. The van der Waals surface area contributed by atoms with Crippen molar-refractivity contribution in [3.8, 4) is 0 Å². The highest BCUT2D eigenvalue weighted by atomic mass is 32.2. The first-order valence-electron chi connectivity index (χ1n) is 7.83. The summed E-state index contributed by atoms with van der Waals surface area (Å²) >= 11 is 0. The number of imidazole rings is 1. The lowest BCUT2D eigenvalue weighted by atomic mass is 9.87. The molecule has 1 aromatic heterocycles. The maximum absolute atomic E-state index is 12.8. The summed E-state index contributed by atoms with van der Waals surface area (Å²) in [6, 6.07) is 6.21. The highest BCUT2D eigenvalue weighted by Crippen LogP contribution is 2.24. The van der Waals surface area contributed by atoms with Gasteiger partial charge in [-0.25, -0.2) is 13.4 Å². The van der Waals surface area contributed by atoms with E-state index < -0.39 is 15.4 Å². The number of fused-ring (bicyclic) bond motifs is 1. The van der Waals surface area contributed by atoms with Crippen LogP contribution in [0, 0.1) is 5.41 Å². The number of nitrogens with zero attached hydrogens (tertiary/aromatic N) is 3. The third kappa shape index (κ3) is 3.01. The van der Waals surface area contributed by atoms with Crippen LogP contribution in [0.3, 0.4) is 0 Å². The van der Waals surface area contributed by atoms with Gasteiger partial charge < -0.3 is 4.57 Å². The Hall–Kier alpha value is -1.99. The van der Waals surface area contributed by atoms with Crippen molar-refractivity contribution in [2.24, 2.45) is 5.41 Å². The molecule has 3 rings (SSSR count). The highest BCUT2D eigenvalue weighted by Gasteiger charge is 2.29. The van der Waals surface area contributed by atoms with Crippen LogP contribution < -0.4 is 0 Å². The summed E-state index contributed by atoms with van der Waals surface area (Å²) in [5.74, 6) is -0.00618. The zero-order valence-corrected chi connectivity index (χ0v) is 14.9. The summed E-state index contributed by atoms with van der Waals surface area (Å²) in [6.07, 6.45) is 3.40. The maximum Gasteiger partial charge on any atom is 0.243 e. The molecule has 7 heteroatoms. The molecule has 0 atom stereocenters. The quantitative estimate of drug-likeness (QED) is 0.799. The van der Waals surface area contributed by atoms with Crippen molar-refractivity contribution in [2.75, 3.05) is 6.54 Å². The van der Waals surface area contributed by atoms with Crippen molar-refractivity contribution in [1.29, 1.82) is 0 Å². The minimum Gasteiger partial charge on any atom is -0.332 e. The average molecular weight is 347 g/mol. The molecule has 6 nitrogen and oxygen atoms in total. The zero-order valence-electron chi connectivity index (χ0n) is 14.1. The summed E-state index contributed by atoms with van der Waals surface area (Å²) in [4.78, 5) is 16.5. The van der Waals surface area contributed by atoms with Crippen molar-refractivity contribution >= 4 is 15.8 Å². The first kappa shape index (κ1) is 16.9. The second-order valence-corrected chi connectivity index (χ2v) is 8.96. The molecule has 2 heterocycles. The summed E-state index contributed by atoms with van der Waals surface area (Å²) in [7, 11) is -3.58. The Labute approximate surface area is 142 Å². The van der Waals surface area contributed by atoms with Crippen molar-refractivity contribution in [1.82, 2.24) is 13.9 Å². The number of aromatic nitrogens is 2. The molecule has 0 unspecified atom stereocenters. The molecule has 0 spiro atoms. The Morgan fingerprint density at radius 2 is 1.79 bits per heavy atom. The minimum absolute atomic E-state index is 0.00618. The van der Waals surface area contributed by atoms with E-state index in [0.29, 0.717) is 25.2 Å². The standard InChI is InChI=1S/C17H21N3O3S/c1-17(2,3)16(21)13-4-6-15(7-5-13)24(22,23)20-9-8-19-12-18-10-14(19)11-20/h4-7,10,12H,8-9,11H2,1-3H3. The number of ketones is 1. The first-order valence-corrected chi connectivity index (χ1v) is 9.27. The van der Waals surface area contributed by atoms with Crippen molar-refractivity contribution in [3.63, 3.8) is 0 Å². The number of Topliss-reactive ketones (excluding diaryl/α,β-unsaturated/α-hetero) is 1. The molecule has 0 radical (unpaired) electrons. The summed E-state index contributed by atoms with van der Waals surface area (Å²) in [5.41, 5.74) is 0.911. The van der Waals surface area contributed by atoms with Gasteiger partial charge in [0.25, 0.3) is 0 Å². The molecule has 0 amide bonds. The molecular formula is C17H21N3O3S. The van der Waals surface area contributed by atoms with Crippen LogP contribution in [0.4, 0.5) is 0 Å². The predicted molar refractivity (Wildman–Crippen MR) is 90.1 cm³/mol. The third-order valence-corrected chi connectivity index (χ3v) is 6.02. The van der Waals surface area contributed by atoms with Gasteiger partial charge in [-0.1, -0.05) is 32.9 Å². The van der Waals surface area contributed by atoms with Crippen LogP contribution in [0.25, 0.3) is 0 Å². The molecule has 0 N–H and O–H groups in total. The van der Waals surface area contributed by atoms with Crippen LogP contribution in [0.2, 0.25) is 0 Å². The molecule has 0 bridgehead atoms. The van der Waals surface area contributed by atoms with Crippen LogP contribution in [-0.4, -0.2) is 34.6 Å². The molecule has 1 aliphatic heterocycles. The smallest absolute Gasteiger partial charge is 0.243 e. The van der Waals surface area contributed by atoms with Gasteiger partial charge in [0.2, 0.25) is 10.0 Å². The Morgan fingerprint density at radius 1 is 1.12 bits per heavy atom. The fraction of sp³-hybridized carbons (Fsp3) is 0.412. The lowest BCUT2D eigenvalue weighted by molar-refractivity contribution is 0.0858. The van der Waals surface area contributed by atoms with E-state index in [2.05, 4.69) is 4.98 Å². The summed E-state index contributed by atoms with van der Waals surface area (Å²) in [5, 5.41) is 0. The van der Waals surface area contributed by atoms with Gasteiger partial charge in [-0.3, -0.25) is 4.79 Å². The molecule has 0 saturated heterocycles. The number of benzene rings is 1. The molecule has 0 aliphatic carbocycles. The normalized spacial score (nSPS) is 16.0. The van der Waals surface area contributed by atoms with Gasteiger partial charge in [-0.15, -0.1) is 0 Å². The molecule has 0 saturated carbocycles. The number of carbonyl (C=O) groups excluding carboxylic acids is 1. The van der Waals surface area contributed by atoms with Crippen molar-refractivity contribution < 1.29 is 13.2 Å². The first-order chi connectivity index (χ1) is 11.2. The second kappa shape index (κ2) is 5.82. The largest absolute Gasteiger partial charge is 0.332 e. The van der Waals surface area contributed by atoms with E-state index in [1.165, 1.54) is 16.4 Å². The number of sulfonamides is 1. The third-order valence-electron chi connectivity index (χ3n) is 4.16. The van der Waals surface area contributed by atoms with Crippen LogP contribution in [0.15, 0.2) is 41.7 Å². The van der Waals surface area contributed by atoms with Gasteiger partial charge in [0, 0.05) is 30.3 Å². The monoisotopic (exact) mass is 347 g/mol. The van der Waals surface area contributed by atoms with Crippen LogP contribution >= 0.6 is 0 Å². The Bertz CT molecular complexity index is 861. The number of hydrogen-bond donors (Lipinski definition) is 0. The van der Waals surface area contributed by atoms with Gasteiger partial charge in [-0.05, 0) is 12.1 Å². The predicted octanol–water partition coefficient (Wildman–Crippen LogP) is 2.32. The molecule has 0 fully saturated rings. The van der Waals surface area contributed by atoms with Crippen molar-refractivity contribution in [3.05, 3.63) is 48.0 Å². The van der Waals surface area contributed by atoms with Gasteiger partial charge in [0.05, 0.1) is 23.5 Å². The lowest BCUT2D eigenvalue weighted by Crippen LogP contribution is -2.37. The maximum atomic E-state index is 12.8. The van der Waals surface area contributed by atoms with E-state index in [9.17, 15) is 13.2 Å². The Kier molecular flexibility index (Phi) is 4.09. The Morgan fingerprint density at radius 3 is 2.42 bits per heavy atom. The molecule has 1 aromatic carbocycles. The van der Waals surface area contributed by atoms with Crippen molar-refractivity contribution in [2.45, 2.75) is 38.8 Å². The van der Waals surface area contributed by atoms with E-state index in [1.54, 1.807) is 24.7 Å². The van der Waals surface area contributed by atoms with E-state index in [1.807, 2.05) is 25.3 Å². The fourth-order valence-electron chi connectivity index (χ4n) is 2.73. The topological polar surface area (TPSA) is 72.3 Å². The number of rotatable bonds is 3. The van der Waals surface area contributed by atoms with E-state index in [4.69, 9.17) is 0 Å². The second-order valence-electron chi connectivity index (χ2n) is 7.02. The van der Waals surface area contributed by atoms with Crippen LogP contribution in [0.5, 0.6) is 0 Å². The van der Waals surface area contributed by atoms with E-state index in [0.717, 1.165) is 5.69 Å². The SMILES string of the molecule is CC(C)(C)C(=O)c1ccc(S(=O)(=O)N2CCn3cncc3C2)cc1. The van der Waals surface area contributed by atoms with Crippen LogP contribution in [0.1, 0.15) is 36.8 Å². The molecule has 128 valence electrons. The van der Waals surface area contributed by atoms with Gasteiger partial charge in [-0.2, -0.15) is 4.31 Å². The molecule has 2 aromatic rings. The highest BCUT2D eigenvalue weighted by molar-refractivity contribution is 7.89. The fourth-order valence-corrected chi connectivity index (χ4v) is 4.13. The Balaban J connectivity index is 1.85. The number of carbonyl (C=O) groups is 1. The molecule has 1 aliphatic rings. The van der Waals surface area contributed by atoms with Gasteiger partial charge >= 0.3 is 0 Å². The van der Waals surface area contributed by atoms with E-state index >= 15 is 0 Å². The zero-order chi connectivity index (χ0) is 17.5. The molecule has 24 heavy (non-hydrogen) atoms. The summed E-state index contributed by atoms with van der Waals surface area (Å²) in [6.45, 7) is 6.85. The molecular weight excluding hydrogens is 326 g/mol. The minimum atomic E-state index is -3.58. The summed E-state index contributed by atoms with van der Waals surface area (Å²) < 4.78 is 29.0. The average Bonchev–Trinajstić information content (AvgIpc) is 3.01. The van der Waals surface area contributed by atoms with Gasteiger partial charge in [0.15, 0.2) is 5.78 Å². The lowest BCUT2D eigenvalue weighted by Gasteiger charge is -2.27.